The van der Waals surface area contributed by atoms with Crippen LogP contribution in [-0.2, 0) is 0 Å². The van der Waals surface area contributed by atoms with Gasteiger partial charge in [-0.1, -0.05) is 13.2 Å². The quantitative estimate of drug-likeness (QED) is 0.606. The molecule has 1 saturated heterocycles. The monoisotopic (exact) mass is 165 g/mol. The zero-order valence-corrected chi connectivity index (χ0v) is 7.53. The topological polar surface area (TPSA) is 18.8 Å². The predicted molar refractivity (Wildman–Crippen MR) is 52.0 cm³/mol. The van der Waals surface area contributed by atoms with Gasteiger partial charge in [-0.2, -0.15) is 0 Å². The maximum Gasteiger partial charge on any atom is 0.122 e. The Morgan fingerprint density at radius 2 is 2.17 bits per heavy atom. The lowest BCUT2D eigenvalue weighted by atomic mass is 10.3. The van der Waals surface area contributed by atoms with Crippen molar-refractivity contribution < 1.29 is 0 Å². The second-order valence-electron chi connectivity index (χ2n) is 2.84. The average molecular weight is 165 g/mol. The van der Waals surface area contributed by atoms with Gasteiger partial charge >= 0.3 is 0 Å². The number of hydrogen-bond donors (Lipinski definition) is 0. The summed E-state index contributed by atoms with van der Waals surface area (Å²) < 4.78 is 0. The summed E-state index contributed by atoms with van der Waals surface area (Å²) in [6.07, 6.45) is 3.39. The van der Waals surface area contributed by atoms with Crippen LogP contribution in [0.2, 0.25) is 0 Å². The van der Waals surface area contributed by atoms with E-state index in [9.17, 15) is 0 Å². The number of likely N-dealkylation sites (N-methyl/N-ethyl adjacent to an activating group) is 1. The fourth-order valence-corrected chi connectivity index (χ4v) is 1.24. The molecule has 0 radical (unpaired) electrons. The minimum absolute atomic E-state index is 0.873. The Balaban J connectivity index is 2.70. The summed E-state index contributed by atoms with van der Waals surface area (Å²) in [5.74, 6) is 1.02. The summed E-state index contributed by atoms with van der Waals surface area (Å²) in [6.45, 7) is 10.2. The molecule has 0 N–H and O–H groups in total. The van der Waals surface area contributed by atoms with Gasteiger partial charge in [0, 0.05) is 19.3 Å². The minimum atomic E-state index is 0.873. The Hall–Kier alpha value is -1.09. The van der Waals surface area contributed by atoms with Gasteiger partial charge < -0.3 is 4.90 Å². The van der Waals surface area contributed by atoms with Crippen LogP contribution in [0.25, 0.3) is 0 Å². The predicted octanol–water partition coefficient (Wildman–Crippen LogP) is 0.919. The highest BCUT2D eigenvalue weighted by Gasteiger charge is 2.16. The molecule has 0 aliphatic carbocycles. The number of amidine groups is 1. The van der Waals surface area contributed by atoms with E-state index in [0.29, 0.717) is 0 Å². The molecule has 1 fully saturated rings. The van der Waals surface area contributed by atoms with Gasteiger partial charge in [0.15, 0.2) is 0 Å². The maximum atomic E-state index is 4.18. The van der Waals surface area contributed by atoms with Crippen molar-refractivity contribution in [3.63, 3.8) is 0 Å². The van der Waals surface area contributed by atoms with Crippen LogP contribution in [0.5, 0.6) is 0 Å². The van der Waals surface area contributed by atoms with Crippen molar-refractivity contribution in [2.45, 2.75) is 0 Å². The summed E-state index contributed by atoms with van der Waals surface area (Å²) in [4.78, 5) is 8.46. The van der Waals surface area contributed by atoms with Crippen LogP contribution in [0, 0.1) is 0 Å². The lowest BCUT2D eigenvalue weighted by molar-refractivity contribution is 0.302. The standard InChI is InChI=1S/C9H15N3/c1-4-10-9-8-11(3)6-7-12(9)5-2/h4-5H,1-2,6-8H2,3H3/b10-9-. The fraction of sp³-hybridized carbons (Fsp3) is 0.444. The summed E-state index contributed by atoms with van der Waals surface area (Å²) in [5, 5.41) is 0. The molecule has 0 saturated carbocycles. The molecule has 66 valence electrons. The third kappa shape index (κ3) is 1.95. The van der Waals surface area contributed by atoms with E-state index >= 15 is 0 Å². The highest BCUT2D eigenvalue weighted by molar-refractivity contribution is 5.86. The van der Waals surface area contributed by atoms with Gasteiger partial charge in [0.1, 0.15) is 5.84 Å². The van der Waals surface area contributed by atoms with Gasteiger partial charge in [0.05, 0.1) is 6.54 Å². The molecule has 0 aromatic heterocycles. The number of piperazine rings is 1. The normalized spacial score (nSPS) is 22.8. The van der Waals surface area contributed by atoms with Crippen LogP contribution in [-0.4, -0.2) is 42.3 Å². The highest BCUT2D eigenvalue weighted by atomic mass is 15.3. The summed E-state index contributed by atoms with van der Waals surface area (Å²) >= 11 is 0. The van der Waals surface area contributed by atoms with Crippen LogP contribution in [0.15, 0.2) is 30.6 Å². The SMILES string of the molecule is C=C/N=C1/CN(C)CCN1C=C. The third-order valence-corrected chi connectivity index (χ3v) is 1.93. The van der Waals surface area contributed by atoms with E-state index < -0.39 is 0 Å². The molecule has 0 unspecified atom stereocenters. The molecule has 0 bridgehead atoms. The summed E-state index contributed by atoms with van der Waals surface area (Å²) in [7, 11) is 2.08. The summed E-state index contributed by atoms with van der Waals surface area (Å²) in [5.41, 5.74) is 0. The third-order valence-electron chi connectivity index (χ3n) is 1.93. The van der Waals surface area contributed by atoms with Crippen LogP contribution in [0.3, 0.4) is 0 Å². The first-order chi connectivity index (χ1) is 5.77. The van der Waals surface area contributed by atoms with Crippen molar-refractivity contribution in [3.8, 4) is 0 Å². The summed E-state index contributed by atoms with van der Waals surface area (Å²) in [6, 6.07) is 0. The molecule has 1 aliphatic rings. The molecule has 1 rings (SSSR count). The average Bonchev–Trinajstić information content (AvgIpc) is 2.05. The Labute approximate surface area is 73.7 Å². The minimum Gasteiger partial charge on any atom is -0.335 e. The van der Waals surface area contributed by atoms with E-state index in [4.69, 9.17) is 0 Å². The van der Waals surface area contributed by atoms with Crippen LogP contribution in [0.4, 0.5) is 0 Å². The first-order valence-corrected chi connectivity index (χ1v) is 4.03. The molecule has 12 heavy (non-hydrogen) atoms. The molecule has 1 heterocycles. The van der Waals surface area contributed by atoms with Crippen LogP contribution in [0.1, 0.15) is 0 Å². The van der Waals surface area contributed by atoms with Gasteiger partial charge in [-0.3, -0.25) is 4.90 Å². The molecule has 3 nitrogen and oxygen atoms in total. The van der Waals surface area contributed by atoms with Crippen LogP contribution >= 0.6 is 0 Å². The van der Waals surface area contributed by atoms with Crippen LogP contribution < -0.4 is 0 Å². The van der Waals surface area contributed by atoms with Gasteiger partial charge in [-0.25, -0.2) is 4.99 Å². The molecule has 0 amide bonds. The lowest BCUT2D eigenvalue weighted by Gasteiger charge is -2.32. The van der Waals surface area contributed by atoms with Gasteiger partial charge in [0.2, 0.25) is 0 Å². The Morgan fingerprint density at radius 3 is 2.75 bits per heavy atom. The molecular formula is C9H15N3. The van der Waals surface area contributed by atoms with Crippen molar-refractivity contribution in [3.05, 3.63) is 25.6 Å². The molecular weight excluding hydrogens is 150 g/mol. The van der Waals surface area contributed by atoms with Crippen molar-refractivity contribution in [2.75, 3.05) is 26.7 Å². The van der Waals surface area contributed by atoms with Crippen molar-refractivity contribution in [2.24, 2.45) is 4.99 Å². The number of hydrogen-bond acceptors (Lipinski definition) is 2. The number of nitrogens with zero attached hydrogens (tertiary/aromatic N) is 3. The molecule has 3 heteroatoms. The smallest absolute Gasteiger partial charge is 0.122 e. The van der Waals surface area contributed by atoms with Gasteiger partial charge in [-0.15, -0.1) is 0 Å². The van der Waals surface area contributed by atoms with E-state index in [2.05, 4.69) is 35.0 Å². The van der Waals surface area contributed by atoms with Gasteiger partial charge in [-0.05, 0) is 13.2 Å². The Kier molecular flexibility index (Phi) is 3.05. The zero-order valence-electron chi connectivity index (χ0n) is 7.53. The Bertz CT molecular complexity index is 208. The fourth-order valence-electron chi connectivity index (χ4n) is 1.24. The number of aliphatic imine (C=N–C) groups is 1. The van der Waals surface area contributed by atoms with E-state index in [1.54, 1.807) is 6.20 Å². The van der Waals surface area contributed by atoms with Crippen molar-refractivity contribution in [1.29, 1.82) is 0 Å². The highest BCUT2D eigenvalue weighted by Crippen LogP contribution is 2.02. The largest absolute Gasteiger partial charge is 0.335 e. The first kappa shape index (κ1) is 9.00. The van der Waals surface area contributed by atoms with E-state index in [0.717, 1.165) is 25.5 Å². The second-order valence-corrected chi connectivity index (χ2v) is 2.84. The van der Waals surface area contributed by atoms with Crippen molar-refractivity contribution >= 4 is 5.84 Å². The molecule has 0 atom stereocenters. The lowest BCUT2D eigenvalue weighted by Crippen LogP contribution is -2.46. The Morgan fingerprint density at radius 1 is 1.42 bits per heavy atom. The number of rotatable bonds is 2. The molecule has 0 aromatic carbocycles. The van der Waals surface area contributed by atoms with Crippen molar-refractivity contribution in [1.82, 2.24) is 9.80 Å². The van der Waals surface area contributed by atoms with E-state index in [1.807, 2.05) is 6.20 Å². The van der Waals surface area contributed by atoms with Gasteiger partial charge in [0.25, 0.3) is 0 Å². The van der Waals surface area contributed by atoms with E-state index in [-0.39, 0.29) is 0 Å². The maximum absolute atomic E-state index is 4.18. The second kappa shape index (κ2) is 4.07. The molecule has 0 spiro atoms. The van der Waals surface area contributed by atoms with E-state index in [1.165, 1.54) is 0 Å². The first-order valence-electron chi connectivity index (χ1n) is 4.03. The molecule has 1 aliphatic heterocycles. The zero-order chi connectivity index (χ0) is 8.97. The molecule has 0 aromatic rings.